The Morgan fingerprint density at radius 2 is 2.08 bits per heavy atom. The van der Waals surface area contributed by atoms with Gasteiger partial charge in [0, 0.05) is 17.1 Å². The van der Waals surface area contributed by atoms with Crippen molar-refractivity contribution < 1.29 is 19.1 Å². The molecule has 1 atom stereocenters. The van der Waals surface area contributed by atoms with Crippen LogP contribution in [0.2, 0.25) is 0 Å². The first-order chi connectivity index (χ1) is 12.5. The van der Waals surface area contributed by atoms with E-state index in [0.717, 1.165) is 10.2 Å². The third-order valence-corrected chi connectivity index (χ3v) is 4.96. The average molecular weight is 372 g/mol. The molecule has 1 amide bonds. The largest absolute Gasteiger partial charge is 0.497 e. The minimum atomic E-state index is -0.586. The maximum absolute atomic E-state index is 12.8. The Labute approximate surface area is 155 Å². The summed E-state index contributed by atoms with van der Waals surface area (Å²) in [5, 5.41) is 5.72. The topological polar surface area (TPSA) is 69.6 Å². The number of carbonyl (C=O) groups is 2. The van der Waals surface area contributed by atoms with Gasteiger partial charge in [0.25, 0.3) is 0 Å². The van der Waals surface area contributed by atoms with E-state index < -0.39 is 12.0 Å². The number of fused-ring (bicyclic) bond motifs is 1. The number of esters is 1. The van der Waals surface area contributed by atoms with Crippen LogP contribution in [0.15, 0.2) is 41.8 Å². The lowest BCUT2D eigenvalue weighted by Crippen LogP contribution is -2.26. The van der Waals surface area contributed by atoms with Gasteiger partial charge in [-0.1, -0.05) is 6.07 Å². The standard InChI is InChI=1S/C19H20N2O4S/c1-4-25-19(23)16-10-13-8-9-26-18(13)21(16)12(2)17(22)20-14-6-5-7-15(11-14)24-3/h5-12H,4H2,1-3H3,(H,20,22)/t12-/m0/s1. The van der Waals surface area contributed by atoms with E-state index in [1.54, 1.807) is 55.9 Å². The molecule has 0 aliphatic carbocycles. The normalized spacial score (nSPS) is 12.0. The van der Waals surface area contributed by atoms with E-state index in [1.807, 2.05) is 11.4 Å². The lowest BCUT2D eigenvalue weighted by molar-refractivity contribution is -0.118. The molecular formula is C19H20N2O4S. The molecule has 1 N–H and O–H groups in total. The molecule has 0 saturated carbocycles. The summed E-state index contributed by atoms with van der Waals surface area (Å²) in [5.74, 6) is -0.00379. The number of carbonyl (C=O) groups excluding carboxylic acids is 2. The fourth-order valence-electron chi connectivity index (χ4n) is 2.75. The van der Waals surface area contributed by atoms with Gasteiger partial charge in [0.05, 0.1) is 13.7 Å². The Balaban J connectivity index is 1.91. The van der Waals surface area contributed by atoms with Crippen LogP contribution in [0.1, 0.15) is 30.4 Å². The molecule has 0 bridgehead atoms. The highest BCUT2D eigenvalue weighted by Gasteiger charge is 2.25. The van der Waals surface area contributed by atoms with Crippen LogP contribution in [0.5, 0.6) is 5.75 Å². The number of hydrogen-bond donors (Lipinski definition) is 1. The molecule has 0 saturated heterocycles. The first kappa shape index (κ1) is 18.0. The van der Waals surface area contributed by atoms with Crippen LogP contribution in [-0.4, -0.2) is 30.2 Å². The molecule has 3 rings (SSSR count). The zero-order valence-electron chi connectivity index (χ0n) is 14.8. The number of rotatable bonds is 6. The number of ether oxygens (including phenoxy) is 2. The van der Waals surface area contributed by atoms with Crippen molar-refractivity contribution in [1.82, 2.24) is 4.57 Å². The van der Waals surface area contributed by atoms with Gasteiger partial charge in [-0.25, -0.2) is 4.79 Å². The second kappa shape index (κ2) is 7.61. The second-order valence-corrected chi connectivity index (χ2v) is 6.59. The summed E-state index contributed by atoms with van der Waals surface area (Å²) in [6, 6.07) is 10.2. The van der Waals surface area contributed by atoms with Gasteiger partial charge in [0.15, 0.2) is 0 Å². The van der Waals surface area contributed by atoms with Crippen molar-refractivity contribution in [1.29, 1.82) is 0 Å². The molecule has 1 aromatic carbocycles. The lowest BCUT2D eigenvalue weighted by Gasteiger charge is -2.17. The number of nitrogens with one attached hydrogen (secondary N) is 1. The highest BCUT2D eigenvalue weighted by atomic mass is 32.1. The minimum absolute atomic E-state index is 0.227. The first-order valence-electron chi connectivity index (χ1n) is 8.25. The van der Waals surface area contributed by atoms with Gasteiger partial charge in [-0.05, 0) is 43.5 Å². The van der Waals surface area contributed by atoms with Crippen LogP contribution in [0.25, 0.3) is 10.2 Å². The molecule has 0 fully saturated rings. The van der Waals surface area contributed by atoms with Crippen LogP contribution in [-0.2, 0) is 9.53 Å². The molecule has 0 unspecified atom stereocenters. The number of aromatic nitrogens is 1. The molecule has 2 aromatic heterocycles. The molecule has 6 nitrogen and oxygen atoms in total. The second-order valence-electron chi connectivity index (χ2n) is 5.70. The van der Waals surface area contributed by atoms with Crippen molar-refractivity contribution in [3.63, 3.8) is 0 Å². The molecule has 26 heavy (non-hydrogen) atoms. The third kappa shape index (κ3) is 3.43. The fraction of sp³-hybridized carbons (Fsp3) is 0.263. The van der Waals surface area contributed by atoms with Crippen molar-refractivity contribution in [3.8, 4) is 5.75 Å². The first-order valence-corrected chi connectivity index (χ1v) is 9.13. The van der Waals surface area contributed by atoms with Gasteiger partial charge in [-0.3, -0.25) is 4.79 Å². The average Bonchev–Trinajstić information content (AvgIpc) is 3.22. The van der Waals surface area contributed by atoms with Gasteiger partial charge >= 0.3 is 5.97 Å². The van der Waals surface area contributed by atoms with E-state index >= 15 is 0 Å². The zero-order chi connectivity index (χ0) is 18.7. The Bertz CT molecular complexity index is 944. The summed E-state index contributed by atoms with van der Waals surface area (Å²) in [6.45, 7) is 3.80. The summed E-state index contributed by atoms with van der Waals surface area (Å²) >= 11 is 1.48. The molecule has 2 heterocycles. The Morgan fingerprint density at radius 3 is 2.81 bits per heavy atom. The summed E-state index contributed by atoms with van der Waals surface area (Å²) in [7, 11) is 1.57. The highest BCUT2D eigenvalue weighted by molar-refractivity contribution is 7.16. The molecular weight excluding hydrogens is 352 g/mol. The van der Waals surface area contributed by atoms with Crippen molar-refractivity contribution in [2.75, 3.05) is 19.0 Å². The number of hydrogen-bond acceptors (Lipinski definition) is 5. The molecule has 0 aliphatic rings. The number of anilines is 1. The summed E-state index contributed by atoms with van der Waals surface area (Å²) < 4.78 is 12.1. The van der Waals surface area contributed by atoms with Crippen LogP contribution in [0.4, 0.5) is 5.69 Å². The summed E-state index contributed by atoms with van der Waals surface area (Å²) in [6.07, 6.45) is 0. The van der Waals surface area contributed by atoms with E-state index in [4.69, 9.17) is 9.47 Å². The third-order valence-electron chi connectivity index (χ3n) is 4.03. The number of methoxy groups -OCH3 is 1. The zero-order valence-corrected chi connectivity index (χ0v) is 15.6. The van der Waals surface area contributed by atoms with Crippen LogP contribution >= 0.6 is 11.3 Å². The molecule has 3 aromatic rings. The molecule has 136 valence electrons. The Hall–Kier alpha value is -2.80. The number of thiophene rings is 1. The highest BCUT2D eigenvalue weighted by Crippen LogP contribution is 2.30. The van der Waals surface area contributed by atoms with E-state index in [9.17, 15) is 9.59 Å². The maximum Gasteiger partial charge on any atom is 0.355 e. The van der Waals surface area contributed by atoms with Crippen molar-refractivity contribution >= 4 is 39.1 Å². The van der Waals surface area contributed by atoms with Crippen molar-refractivity contribution in [2.24, 2.45) is 0 Å². The van der Waals surface area contributed by atoms with E-state index in [-0.39, 0.29) is 12.5 Å². The number of benzene rings is 1. The molecule has 0 aliphatic heterocycles. The van der Waals surface area contributed by atoms with E-state index in [1.165, 1.54) is 11.3 Å². The van der Waals surface area contributed by atoms with Crippen molar-refractivity contribution in [2.45, 2.75) is 19.9 Å². The van der Waals surface area contributed by atoms with Crippen LogP contribution < -0.4 is 10.1 Å². The van der Waals surface area contributed by atoms with Crippen LogP contribution in [0.3, 0.4) is 0 Å². The molecule has 0 radical (unpaired) electrons. The Morgan fingerprint density at radius 1 is 1.27 bits per heavy atom. The van der Waals surface area contributed by atoms with E-state index in [2.05, 4.69) is 5.32 Å². The summed E-state index contributed by atoms with van der Waals surface area (Å²) in [5.41, 5.74) is 1.01. The lowest BCUT2D eigenvalue weighted by atomic mass is 10.2. The van der Waals surface area contributed by atoms with Gasteiger partial charge < -0.3 is 19.4 Å². The van der Waals surface area contributed by atoms with Gasteiger partial charge in [-0.2, -0.15) is 0 Å². The SMILES string of the molecule is CCOC(=O)c1cc2ccsc2n1[C@@H](C)C(=O)Nc1cccc(OC)c1. The quantitative estimate of drug-likeness (QED) is 0.662. The number of nitrogens with zero attached hydrogens (tertiary/aromatic N) is 1. The molecule has 0 spiro atoms. The number of amides is 1. The summed E-state index contributed by atoms with van der Waals surface area (Å²) in [4.78, 5) is 26.0. The molecule has 7 heteroatoms. The van der Waals surface area contributed by atoms with E-state index in [0.29, 0.717) is 17.1 Å². The predicted molar refractivity (Wildman–Crippen MR) is 102 cm³/mol. The van der Waals surface area contributed by atoms with Crippen LogP contribution in [0, 0.1) is 0 Å². The smallest absolute Gasteiger partial charge is 0.355 e. The fourth-order valence-corrected chi connectivity index (χ4v) is 3.73. The minimum Gasteiger partial charge on any atom is -0.497 e. The predicted octanol–water partition coefficient (Wildman–Crippen LogP) is 4.09. The van der Waals surface area contributed by atoms with Gasteiger partial charge in [0.1, 0.15) is 22.3 Å². The van der Waals surface area contributed by atoms with Gasteiger partial charge in [-0.15, -0.1) is 11.3 Å². The maximum atomic E-state index is 12.8. The van der Waals surface area contributed by atoms with Gasteiger partial charge in [0.2, 0.25) is 5.91 Å². The monoisotopic (exact) mass is 372 g/mol. The Kier molecular flexibility index (Phi) is 5.27. The van der Waals surface area contributed by atoms with Crippen molar-refractivity contribution in [3.05, 3.63) is 47.5 Å².